The van der Waals surface area contributed by atoms with Crippen LogP contribution in [-0.2, 0) is 24.4 Å². The van der Waals surface area contributed by atoms with Crippen LogP contribution in [0.1, 0.15) is 5.82 Å². The van der Waals surface area contributed by atoms with Crippen molar-refractivity contribution in [3.8, 4) is 0 Å². The molecule has 1 N–H and O–H groups in total. The highest BCUT2D eigenvalue weighted by Gasteiger charge is 2.85. The molecule has 0 aliphatic carbocycles. The predicted molar refractivity (Wildman–Crippen MR) is 71.2 cm³/mol. The van der Waals surface area contributed by atoms with Gasteiger partial charge in [-0.15, -0.1) is 10.2 Å². The normalized spacial score (nSPS) is 18.6. The minimum atomic E-state index is -8.10. The average Bonchev–Trinajstić information content (AvgIpc) is 3.08. The van der Waals surface area contributed by atoms with Crippen LogP contribution < -0.4 is 0 Å². The first kappa shape index (κ1) is 32.1. The molecule has 36 heavy (non-hydrogen) atoms. The quantitative estimate of drug-likeness (QED) is 0.324. The van der Waals surface area contributed by atoms with Gasteiger partial charge in [-0.1, -0.05) is 0 Å². The van der Waals surface area contributed by atoms with Crippen LogP contribution >= 0.6 is 10.7 Å². The Kier molecular flexibility index (Phi) is 7.65. The van der Waals surface area contributed by atoms with E-state index in [1.54, 1.807) is 0 Å². The van der Waals surface area contributed by atoms with E-state index in [0.29, 0.717) is 4.98 Å². The summed E-state index contributed by atoms with van der Waals surface area (Å²) in [5, 5.41) is 2.01. The Hall–Kier alpha value is -1.89. The van der Waals surface area contributed by atoms with Crippen molar-refractivity contribution in [2.45, 2.75) is 53.5 Å². The second-order valence-electron chi connectivity index (χ2n) is 5.91. The number of nitrogens with zero attached hydrogens (tertiary/aromatic N) is 2. The van der Waals surface area contributed by atoms with Gasteiger partial charge in [-0.3, -0.25) is 9.47 Å². The molecule has 2 atom stereocenters. The van der Waals surface area contributed by atoms with Crippen molar-refractivity contribution >= 4 is 19.7 Å². The SMILES string of the molecule is O=S(=O)(Cl)c1nnc(C(F)(OC(F)(F)C(F)(OC(F)(F)C(F)(F)C(F)(F)F)C(F)(F)F)C(F)(F)F)[nH]1. The maximum absolute atomic E-state index is 14.4. The molecule has 0 bridgehead atoms. The summed E-state index contributed by atoms with van der Waals surface area (Å²) < 4.78 is 247. The molecule has 7 nitrogen and oxygen atoms in total. The van der Waals surface area contributed by atoms with Gasteiger partial charge in [0.15, 0.2) is 0 Å². The molecule has 0 saturated carbocycles. The summed E-state index contributed by atoms with van der Waals surface area (Å²) in [6, 6.07) is 0. The third-order valence-corrected chi connectivity index (χ3v) is 4.45. The lowest BCUT2D eigenvalue weighted by Gasteiger charge is -2.40. The number of hydrogen-bond donors (Lipinski definition) is 1. The number of hydrogen-bond acceptors (Lipinski definition) is 6. The molecular formula is C10HClF17N3O4S. The molecule has 212 valence electrons. The largest absolute Gasteiger partial charge is 0.462 e. The first-order chi connectivity index (χ1) is 15.4. The maximum atomic E-state index is 14.4. The molecule has 1 rings (SSSR count). The Bertz CT molecular complexity index is 1070. The number of ether oxygens (including phenoxy) is 2. The zero-order valence-corrected chi connectivity index (χ0v) is 16.8. The predicted octanol–water partition coefficient (Wildman–Crippen LogP) is 5.06. The molecule has 2 unspecified atom stereocenters. The van der Waals surface area contributed by atoms with Gasteiger partial charge in [0.1, 0.15) is 0 Å². The van der Waals surface area contributed by atoms with Crippen molar-refractivity contribution in [3.63, 3.8) is 0 Å². The van der Waals surface area contributed by atoms with Crippen LogP contribution in [0.2, 0.25) is 0 Å². The number of aromatic amines is 1. The Morgan fingerprint density at radius 3 is 1.39 bits per heavy atom. The fourth-order valence-electron chi connectivity index (χ4n) is 1.67. The highest BCUT2D eigenvalue weighted by molar-refractivity contribution is 8.13. The standard InChI is InChI=1S/C10HClF17N3O4S/c11-36(32,33)2-29-1(30-31-2)3(12,6(16,17)18)34-10(27,28)5(15,8(22,23)24)35-9(25,26)4(13,14)7(19,20)21/h(H,29,30,31). The Balaban J connectivity index is 3.76. The molecule has 1 aromatic heterocycles. The van der Waals surface area contributed by atoms with E-state index in [4.69, 9.17) is 0 Å². The zero-order chi connectivity index (χ0) is 29.2. The summed E-state index contributed by atoms with van der Waals surface area (Å²) in [5.41, 5.74) is 0. The number of halogens is 18. The smallest absolute Gasteiger partial charge is 0.310 e. The van der Waals surface area contributed by atoms with Crippen LogP contribution in [0.15, 0.2) is 5.16 Å². The second-order valence-corrected chi connectivity index (χ2v) is 8.39. The summed E-state index contributed by atoms with van der Waals surface area (Å²) in [4.78, 5) is 0.549. The molecule has 0 aliphatic rings. The molecule has 26 heteroatoms. The highest BCUT2D eigenvalue weighted by Crippen LogP contribution is 2.57. The fourth-order valence-corrected chi connectivity index (χ4v) is 2.24. The lowest BCUT2D eigenvalue weighted by Crippen LogP contribution is -2.67. The van der Waals surface area contributed by atoms with Gasteiger partial charge in [-0.05, 0) is 0 Å². The van der Waals surface area contributed by atoms with Crippen LogP contribution in [0, 0.1) is 0 Å². The number of H-pyrrole nitrogens is 1. The Labute approximate surface area is 187 Å². The van der Waals surface area contributed by atoms with E-state index in [2.05, 4.69) is 15.8 Å². The highest BCUT2D eigenvalue weighted by atomic mass is 35.7. The second kappa shape index (κ2) is 8.57. The van der Waals surface area contributed by atoms with Crippen molar-refractivity contribution < 1.29 is 92.5 Å². The zero-order valence-electron chi connectivity index (χ0n) is 15.2. The van der Waals surface area contributed by atoms with Crippen LogP contribution in [0.5, 0.6) is 0 Å². The van der Waals surface area contributed by atoms with E-state index >= 15 is 0 Å². The van der Waals surface area contributed by atoms with Gasteiger partial charge in [0.25, 0.3) is 14.2 Å². The molecule has 1 aromatic rings. The molecule has 0 spiro atoms. The van der Waals surface area contributed by atoms with E-state index < -0.39 is 68.4 Å². The molecule has 1 heterocycles. The van der Waals surface area contributed by atoms with Crippen molar-refractivity contribution in [3.05, 3.63) is 5.82 Å². The van der Waals surface area contributed by atoms with Crippen LogP contribution in [0.25, 0.3) is 0 Å². The monoisotopic (exact) mass is 617 g/mol. The number of aromatic nitrogens is 3. The third kappa shape index (κ3) is 5.36. The summed E-state index contributed by atoms with van der Waals surface area (Å²) in [6.07, 6.45) is -38.7. The van der Waals surface area contributed by atoms with Gasteiger partial charge < -0.3 is 4.98 Å². The van der Waals surface area contributed by atoms with E-state index in [1.165, 1.54) is 4.74 Å². The van der Waals surface area contributed by atoms with Gasteiger partial charge >= 0.3 is 48.4 Å². The summed E-state index contributed by atoms with van der Waals surface area (Å²) >= 11 is 0. The molecule has 0 radical (unpaired) electrons. The van der Waals surface area contributed by atoms with Gasteiger partial charge in [0.2, 0.25) is 5.82 Å². The van der Waals surface area contributed by atoms with E-state index in [9.17, 15) is 83.1 Å². The first-order valence-corrected chi connectivity index (χ1v) is 9.68. The summed E-state index contributed by atoms with van der Waals surface area (Å²) in [7, 11) is -0.815. The van der Waals surface area contributed by atoms with Crippen LogP contribution in [0.3, 0.4) is 0 Å². The van der Waals surface area contributed by atoms with E-state index in [0.717, 1.165) is 0 Å². The Morgan fingerprint density at radius 2 is 1.08 bits per heavy atom. The van der Waals surface area contributed by atoms with Crippen molar-refractivity contribution in [1.29, 1.82) is 0 Å². The Morgan fingerprint density at radius 1 is 0.639 bits per heavy atom. The van der Waals surface area contributed by atoms with Gasteiger partial charge in [-0.2, -0.15) is 74.6 Å². The van der Waals surface area contributed by atoms with E-state index in [-0.39, 0.29) is 0 Å². The van der Waals surface area contributed by atoms with Crippen molar-refractivity contribution in [1.82, 2.24) is 15.2 Å². The topological polar surface area (TPSA) is 94.2 Å². The van der Waals surface area contributed by atoms with Crippen LogP contribution in [0.4, 0.5) is 74.6 Å². The number of nitrogens with one attached hydrogen (secondary N) is 1. The van der Waals surface area contributed by atoms with Gasteiger partial charge in [-0.25, -0.2) is 8.42 Å². The number of alkyl halides is 17. The fraction of sp³-hybridized carbons (Fsp3) is 0.800. The number of rotatable bonds is 8. The molecule has 0 saturated heterocycles. The maximum Gasteiger partial charge on any atom is 0.462 e. The minimum absolute atomic E-state index is 0.549. The first-order valence-electron chi connectivity index (χ1n) is 7.37. The lowest BCUT2D eigenvalue weighted by atomic mass is 10.2. The third-order valence-electron chi connectivity index (χ3n) is 3.36. The molecule has 0 aromatic carbocycles. The molecular weight excluding hydrogens is 617 g/mol. The van der Waals surface area contributed by atoms with Crippen molar-refractivity contribution in [2.75, 3.05) is 0 Å². The van der Waals surface area contributed by atoms with Gasteiger partial charge in [0.05, 0.1) is 0 Å². The molecule has 0 amide bonds. The lowest BCUT2D eigenvalue weighted by molar-refractivity contribution is -0.554. The van der Waals surface area contributed by atoms with E-state index in [1.807, 2.05) is 9.84 Å². The minimum Gasteiger partial charge on any atom is -0.310 e. The summed E-state index contributed by atoms with van der Waals surface area (Å²) in [6.45, 7) is 0. The molecule has 0 fully saturated rings. The van der Waals surface area contributed by atoms with Crippen molar-refractivity contribution in [2.24, 2.45) is 0 Å². The average molecular weight is 618 g/mol. The molecule has 0 aliphatic heterocycles. The van der Waals surface area contributed by atoms with Gasteiger partial charge in [0, 0.05) is 10.7 Å². The van der Waals surface area contributed by atoms with Crippen LogP contribution in [-0.4, -0.2) is 66.1 Å². The summed E-state index contributed by atoms with van der Waals surface area (Å²) in [5.74, 6) is -25.8.